The van der Waals surface area contributed by atoms with Crippen molar-refractivity contribution in [3.8, 4) is 11.5 Å². The predicted octanol–water partition coefficient (Wildman–Crippen LogP) is 1.17. The van der Waals surface area contributed by atoms with Gasteiger partial charge in [0.25, 0.3) is 5.56 Å². The summed E-state index contributed by atoms with van der Waals surface area (Å²) in [7, 11) is 2.98. The third-order valence-corrected chi connectivity index (χ3v) is 4.23. The second kappa shape index (κ2) is 8.99. The van der Waals surface area contributed by atoms with Crippen LogP contribution >= 0.6 is 11.8 Å². The van der Waals surface area contributed by atoms with Crippen LogP contribution in [0.1, 0.15) is 22.5 Å². The molecule has 0 saturated heterocycles. The number of thioether (sulfide) groups is 1. The zero-order valence-corrected chi connectivity index (χ0v) is 15.0. The first-order valence-electron chi connectivity index (χ1n) is 7.50. The minimum Gasteiger partial charge on any atom is -0.493 e. The van der Waals surface area contributed by atoms with Gasteiger partial charge in [0.1, 0.15) is 5.69 Å². The van der Waals surface area contributed by atoms with Gasteiger partial charge >= 0.3 is 5.97 Å². The number of H-pyrrole nitrogens is 1. The highest BCUT2D eigenvalue weighted by molar-refractivity contribution is 7.99. The van der Waals surface area contributed by atoms with E-state index in [4.69, 9.17) is 14.6 Å². The topological polar surface area (TPSA) is 131 Å². The molecule has 0 atom stereocenters. The van der Waals surface area contributed by atoms with Crippen molar-refractivity contribution in [1.82, 2.24) is 15.2 Å². The number of benzene rings is 1. The molecule has 2 rings (SSSR count). The summed E-state index contributed by atoms with van der Waals surface area (Å²) in [6, 6.07) is 4.83. The van der Waals surface area contributed by atoms with Gasteiger partial charge in [0.15, 0.2) is 22.4 Å². The van der Waals surface area contributed by atoms with Crippen LogP contribution < -0.4 is 15.0 Å². The minimum atomic E-state index is -1.02. The molecule has 1 aromatic heterocycles. The molecule has 1 heterocycles. The molecule has 1 aromatic carbocycles. The summed E-state index contributed by atoms with van der Waals surface area (Å²) in [5, 5.41) is 16.3. The number of carbonyl (C=O) groups excluding carboxylic acids is 1. The fraction of sp³-hybridized carbons (Fsp3) is 0.312. The number of carboxylic acids is 1. The molecule has 0 spiro atoms. The monoisotopic (exact) mass is 379 g/mol. The Morgan fingerprint density at radius 3 is 2.54 bits per heavy atom. The summed E-state index contributed by atoms with van der Waals surface area (Å²) in [5.41, 5.74) is -0.0335. The van der Waals surface area contributed by atoms with Gasteiger partial charge in [-0.3, -0.25) is 19.4 Å². The molecule has 2 aromatic rings. The number of Topliss-reactive ketones (excluding diaryl/α,β-unsaturated/α-hetero) is 1. The maximum Gasteiger partial charge on any atom is 0.303 e. The maximum atomic E-state index is 12.3. The fourth-order valence-corrected chi connectivity index (χ4v) is 2.72. The molecule has 10 heteroatoms. The van der Waals surface area contributed by atoms with Crippen LogP contribution in [0.4, 0.5) is 0 Å². The van der Waals surface area contributed by atoms with E-state index in [0.29, 0.717) is 17.1 Å². The van der Waals surface area contributed by atoms with Gasteiger partial charge in [-0.15, -0.1) is 10.2 Å². The molecule has 0 unspecified atom stereocenters. The van der Waals surface area contributed by atoms with E-state index in [1.807, 2.05) is 0 Å². The molecule has 2 N–H and O–H groups in total. The van der Waals surface area contributed by atoms with E-state index < -0.39 is 11.5 Å². The Kier molecular flexibility index (Phi) is 6.73. The number of methoxy groups -OCH3 is 2. The Hall–Kier alpha value is -2.88. The number of aliphatic carboxylic acids is 1. The third kappa shape index (κ3) is 5.06. The van der Waals surface area contributed by atoms with Crippen molar-refractivity contribution >= 4 is 23.5 Å². The van der Waals surface area contributed by atoms with Gasteiger partial charge in [0.05, 0.1) is 26.4 Å². The van der Waals surface area contributed by atoms with Gasteiger partial charge in [-0.1, -0.05) is 11.8 Å². The molecule has 0 radical (unpaired) electrons. The molecule has 0 aliphatic carbocycles. The lowest BCUT2D eigenvalue weighted by molar-refractivity contribution is -0.136. The Bertz CT molecular complexity index is 867. The molecular weight excluding hydrogens is 362 g/mol. The van der Waals surface area contributed by atoms with Crippen LogP contribution in [-0.4, -0.2) is 52.0 Å². The van der Waals surface area contributed by atoms with E-state index in [1.165, 1.54) is 14.2 Å². The van der Waals surface area contributed by atoms with Crippen LogP contribution in [0, 0.1) is 0 Å². The lowest BCUT2D eigenvalue weighted by Gasteiger charge is -2.08. The molecule has 26 heavy (non-hydrogen) atoms. The maximum absolute atomic E-state index is 12.3. The van der Waals surface area contributed by atoms with Gasteiger partial charge in [-0.25, -0.2) is 0 Å². The number of aryl methyl sites for hydroxylation is 1. The van der Waals surface area contributed by atoms with Crippen molar-refractivity contribution in [3.63, 3.8) is 0 Å². The minimum absolute atomic E-state index is 0.00676. The number of ketones is 1. The van der Waals surface area contributed by atoms with E-state index in [9.17, 15) is 14.4 Å². The summed E-state index contributed by atoms with van der Waals surface area (Å²) in [6.45, 7) is 0. The molecule has 0 aliphatic rings. The van der Waals surface area contributed by atoms with Crippen LogP contribution in [0.15, 0.2) is 28.2 Å². The van der Waals surface area contributed by atoms with Crippen molar-refractivity contribution in [2.75, 3.05) is 20.0 Å². The van der Waals surface area contributed by atoms with Gasteiger partial charge in [-0.2, -0.15) is 0 Å². The molecule has 9 nitrogen and oxygen atoms in total. The van der Waals surface area contributed by atoms with E-state index in [1.54, 1.807) is 18.2 Å². The Balaban J connectivity index is 2.02. The Morgan fingerprint density at radius 2 is 1.92 bits per heavy atom. The van der Waals surface area contributed by atoms with Gasteiger partial charge in [0.2, 0.25) is 0 Å². The van der Waals surface area contributed by atoms with E-state index in [2.05, 4.69) is 15.2 Å². The SMILES string of the molecule is COc1ccc(C(=O)CSc2nnc(CCC(=O)O)c(=O)[nH]2)cc1OC. The van der Waals surface area contributed by atoms with Crippen LogP contribution in [0.25, 0.3) is 0 Å². The highest BCUT2D eigenvalue weighted by Crippen LogP contribution is 2.28. The summed E-state index contributed by atoms with van der Waals surface area (Å²) in [4.78, 5) is 37.2. The van der Waals surface area contributed by atoms with Gasteiger partial charge in [0, 0.05) is 12.0 Å². The quantitative estimate of drug-likeness (QED) is 0.487. The molecule has 0 aliphatic heterocycles. The number of hydrogen-bond acceptors (Lipinski definition) is 8. The largest absolute Gasteiger partial charge is 0.493 e. The second-order valence-electron chi connectivity index (χ2n) is 5.08. The number of aromatic nitrogens is 3. The molecule has 0 bridgehead atoms. The Morgan fingerprint density at radius 1 is 1.19 bits per heavy atom. The summed E-state index contributed by atoms with van der Waals surface area (Å²) < 4.78 is 10.3. The van der Waals surface area contributed by atoms with E-state index in [0.717, 1.165) is 11.8 Å². The highest BCUT2D eigenvalue weighted by atomic mass is 32.2. The number of ether oxygens (including phenoxy) is 2. The van der Waals surface area contributed by atoms with Gasteiger partial charge in [-0.05, 0) is 18.2 Å². The number of carboxylic acid groups (broad SMARTS) is 1. The summed E-state index contributed by atoms with van der Waals surface area (Å²) in [5.74, 6) is -0.212. The fourth-order valence-electron chi connectivity index (χ4n) is 2.03. The van der Waals surface area contributed by atoms with Gasteiger partial charge < -0.3 is 14.6 Å². The average molecular weight is 379 g/mol. The predicted molar refractivity (Wildman–Crippen MR) is 93.2 cm³/mol. The zero-order chi connectivity index (χ0) is 19.1. The molecular formula is C16H17N3O6S. The third-order valence-electron chi connectivity index (χ3n) is 3.37. The average Bonchev–Trinajstić information content (AvgIpc) is 2.64. The Labute approximate surface area is 152 Å². The number of nitrogens with zero attached hydrogens (tertiary/aromatic N) is 2. The number of hydrogen-bond donors (Lipinski definition) is 2. The number of rotatable bonds is 9. The summed E-state index contributed by atoms with van der Waals surface area (Å²) >= 11 is 1.03. The molecule has 138 valence electrons. The second-order valence-corrected chi connectivity index (χ2v) is 6.05. The van der Waals surface area contributed by atoms with Crippen molar-refractivity contribution in [2.45, 2.75) is 18.0 Å². The van der Waals surface area contributed by atoms with Crippen molar-refractivity contribution in [1.29, 1.82) is 0 Å². The standard InChI is InChI=1S/C16H17N3O6S/c1-24-12-5-3-9(7-13(12)25-2)11(20)8-26-16-17-15(23)10(18-19-16)4-6-14(21)22/h3,5,7H,4,6,8H2,1-2H3,(H,21,22)(H,17,19,23). The number of aromatic amines is 1. The normalized spacial score (nSPS) is 10.4. The van der Waals surface area contributed by atoms with Crippen LogP contribution in [-0.2, 0) is 11.2 Å². The molecule has 0 amide bonds. The van der Waals surface area contributed by atoms with Crippen LogP contribution in [0.5, 0.6) is 11.5 Å². The molecule has 0 fully saturated rings. The van der Waals surface area contributed by atoms with E-state index in [-0.39, 0.29) is 35.2 Å². The first kappa shape index (κ1) is 19.4. The highest BCUT2D eigenvalue weighted by Gasteiger charge is 2.13. The van der Waals surface area contributed by atoms with Crippen LogP contribution in [0.2, 0.25) is 0 Å². The summed E-state index contributed by atoms with van der Waals surface area (Å²) in [6.07, 6.45) is -0.213. The van der Waals surface area contributed by atoms with E-state index >= 15 is 0 Å². The number of nitrogens with one attached hydrogen (secondary N) is 1. The van der Waals surface area contributed by atoms with Crippen molar-refractivity contribution < 1.29 is 24.2 Å². The van der Waals surface area contributed by atoms with Crippen LogP contribution in [0.3, 0.4) is 0 Å². The lowest BCUT2D eigenvalue weighted by atomic mass is 10.1. The van der Waals surface area contributed by atoms with Crippen molar-refractivity contribution in [2.24, 2.45) is 0 Å². The number of carbonyl (C=O) groups is 2. The van der Waals surface area contributed by atoms with Crippen molar-refractivity contribution in [3.05, 3.63) is 39.8 Å². The zero-order valence-electron chi connectivity index (χ0n) is 14.1. The molecule has 0 saturated carbocycles. The first-order valence-corrected chi connectivity index (χ1v) is 8.49. The lowest BCUT2D eigenvalue weighted by Crippen LogP contribution is -2.19. The smallest absolute Gasteiger partial charge is 0.303 e. The first-order chi connectivity index (χ1) is 12.4.